The highest BCUT2D eigenvalue weighted by atomic mass is 32.1. The van der Waals surface area contributed by atoms with Crippen LogP contribution in [0.3, 0.4) is 0 Å². The maximum absolute atomic E-state index is 11.6. The van der Waals surface area contributed by atoms with Crippen molar-refractivity contribution in [1.29, 1.82) is 0 Å². The van der Waals surface area contributed by atoms with Gasteiger partial charge in [0.1, 0.15) is 11.5 Å². The number of rotatable bonds is 3. The molecule has 1 saturated heterocycles. The summed E-state index contributed by atoms with van der Waals surface area (Å²) >= 11 is 1.62. The minimum atomic E-state index is -0.339. The van der Waals surface area contributed by atoms with E-state index in [-0.39, 0.29) is 11.9 Å². The summed E-state index contributed by atoms with van der Waals surface area (Å²) in [6.45, 7) is 3.37. The Labute approximate surface area is 157 Å². The summed E-state index contributed by atoms with van der Waals surface area (Å²) in [5.74, 6) is 1.91. The molecule has 2 aromatic heterocycles. The van der Waals surface area contributed by atoms with Crippen LogP contribution in [0.5, 0.6) is 0 Å². The van der Waals surface area contributed by atoms with Crippen molar-refractivity contribution in [2.24, 2.45) is 5.73 Å². The third-order valence-electron chi connectivity index (χ3n) is 5.52. The summed E-state index contributed by atoms with van der Waals surface area (Å²) in [6, 6.07) is 0.0671. The zero-order valence-corrected chi connectivity index (χ0v) is 16.0. The van der Waals surface area contributed by atoms with Gasteiger partial charge < -0.3 is 10.6 Å². The molecule has 1 saturated carbocycles. The zero-order valence-electron chi connectivity index (χ0n) is 15.2. The first kappa shape index (κ1) is 17.5. The van der Waals surface area contributed by atoms with Crippen molar-refractivity contribution < 1.29 is 4.79 Å². The molecule has 2 fully saturated rings. The molecule has 2 aromatic rings. The van der Waals surface area contributed by atoms with E-state index in [1.807, 2.05) is 12.3 Å². The number of thiazole rings is 1. The molecular formula is C18H26N6OS. The molecule has 140 valence electrons. The van der Waals surface area contributed by atoms with E-state index >= 15 is 0 Å². The molecule has 2 N–H and O–H groups in total. The fourth-order valence-electron chi connectivity index (χ4n) is 4.17. The van der Waals surface area contributed by atoms with Crippen molar-refractivity contribution in [2.75, 3.05) is 13.1 Å². The predicted octanol–water partition coefficient (Wildman–Crippen LogP) is 3.47. The van der Waals surface area contributed by atoms with E-state index in [0.29, 0.717) is 18.4 Å². The molecule has 2 amide bonds. The lowest BCUT2D eigenvalue weighted by Crippen LogP contribution is -2.42. The number of nitrogens with two attached hydrogens (primary N) is 1. The fraction of sp³-hybridized carbons (Fsp3) is 0.667. The fourth-order valence-corrected chi connectivity index (χ4v) is 4.76. The Hall–Kier alpha value is -1.96. The second-order valence-electron chi connectivity index (χ2n) is 7.41. The smallest absolute Gasteiger partial charge is 0.314 e. The van der Waals surface area contributed by atoms with Crippen LogP contribution >= 0.6 is 11.3 Å². The number of carbonyl (C=O) groups is 1. The van der Waals surface area contributed by atoms with Gasteiger partial charge in [-0.1, -0.05) is 19.3 Å². The molecule has 7 nitrogen and oxygen atoms in total. The number of urea groups is 1. The number of piperidine rings is 1. The number of carbonyl (C=O) groups excluding carboxylic acids is 1. The molecular weight excluding hydrogens is 348 g/mol. The van der Waals surface area contributed by atoms with Crippen molar-refractivity contribution in [2.45, 2.75) is 63.8 Å². The maximum Gasteiger partial charge on any atom is 0.314 e. The van der Waals surface area contributed by atoms with Crippen LogP contribution in [0.4, 0.5) is 4.79 Å². The summed E-state index contributed by atoms with van der Waals surface area (Å²) in [5, 5.41) is 7.92. The van der Waals surface area contributed by atoms with Crippen molar-refractivity contribution in [3.8, 4) is 11.5 Å². The largest absolute Gasteiger partial charge is 0.351 e. The Bertz CT molecular complexity index is 778. The number of aryl methyl sites for hydroxylation is 1. The van der Waals surface area contributed by atoms with Crippen molar-refractivity contribution in [3.05, 3.63) is 16.2 Å². The van der Waals surface area contributed by atoms with Crippen LogP contribution in [0.1, 0.15) is 67.7 Å². The lowest BCUT2D eigenvalue weighted by Gasteiger charge is -2.32. The van der Waals surface area contributed by atoms with E-state index < -0.39 is 0 Å². The Kier molecular flexibility index (Phi) is 4.93. The molecule has 0 radical (unpaired) electrons. The minimum Gasteiger partial charge on any atom is -0.351 e. The van der Waals surface area contributed by atoms with E-state index in [1.54, 1.807) is 16.2 Å². The van der Waals surface area contributed by atoms with Gasteiger partial charge in [0, 0.05) is 24.4 Å². The third kappa shape index (κ3) is 3.47. The Morgan fingerprint density at radius 2 is 2.00 bits per heavy atom. The molecule has 1 aliphatic heterocycles. The topological polar surface area (TPSA) is 89.9 Å². The van der Waals surface area contributed by atoms with Crippen LogP contribution in [0.25, 0.3) is 11.5 Å². The van der Waals surface area contributed by atoms with Gasteiger partial charge in [-0.3, -0.25) is 0 Å². The molecule has 1 unspecified atom stereocenters. The van der Waals surface area contributed by atoms with Gasteiger partial charge in [-0.25, -0.2) is 19.4 Å². The van der Waals surface area contributed by atoms with Gasteiger partial charge in [-0.2, -0.15) is 0 Å². The summed E-state index contributed by atoms with van der Waals surface area (Å²) < 4.78 is 2.15. The molecule has 8 heteroatoms. The zero-order chi connectivity index (χ0) is 18.1. The average molecular weight is 375 g/mol. The summed E-state index contributed by atoms with van der Waals surface area (Å²) in [6.07, 6.45) is 8.06. The molecule has 4 rings (SSSR count). The second-order valence-corrected chi connectivity index (χ2v) is 8.47. The lowest BCUT2D eigenvalue weighted by molar-refractivity contribution is 0.185. The molecule has 3 heterocycles. The van der Waals surface area contributed by atoms with E-state index in [4.69, 9.17) is 15.8 Å². The maximum atomic E-state index is 11.6. The summed E-state index contributed by atoms with van der Waals surface area (Å²) in [5.41, 5.74) is 6.38. The highest BCUT2D eigenvalue weighted by Crippen LogP contribution is 2.34. The average Bonchev–Trinajstić information content (AvgIpc) is 3.29. The molecule has 2 aliphatic rings. The normalized spacial score (nSPS) is 21.9. The van der Waals surface area contributed by atoms with Gasteiger partial charge in [0.2, 0.25) is 5.82 Å². The quantitative estimate of drug-likeness (QED) is 0.890. The number of likely N-dealkylation sites (tertiary alicyclic amines) is 1. The summed E-state index contributed by atoms with van der Waals surface area (Å²) in [7, 11) is 0. The monoisotopic (exact) mass is 374 g/mol. The molecule has 1 aliphatic carbocycles. The number of primary amides is 1. The third-order valence-corrected chi connectivity index (χ3v) is 6.30. The van der Waals surface area contributed by atoms with Crippen molar-refractivity contribution in [1.82, 2.24) is 24.6 Å². The SMILES string of the molecule is Cc1nc(-c2nc(C3CCCN(C(N)=O)C3)n(C3CCCCC3)n2)cs1. The molecule has 1 atom stereocenters. The number of nitrogens with zero attached hydrogens (tertiary/aromatic N) is 5. The van der Waals surface area contributed by atoms with Crippen LogP contribution < -0.4 is 5.73 Å². The van der Waals surface area contributed by atoms with Gasteiger partial charge in [0.25, 0.3) is 0 Å². The van der Waals surface area contributed by atoms with Gasteiger partial charge in [0.15, 0.2) is 0 Å². The van der Waals surface area contributed by atoms with E-state index in [2.05, 4.69) is 9.67 Å². The Morgan fingerprint density at radius 1 is 1.19 bits per heavy atom. The highest BCUT2D eigenvalue weighted by Gasteiger charge is 2.31. The number of aromatic nitrogens is 4. The number of hydrogen-bond donors (Lipinski definition) is 1. The second kappa shape index (κ2) is 7.34. The predicted molar refractivity (Wildman–Crippen MR) is 101 cm³/mol. The Morgan fingerprint density at radius 3 is 2.69 bits per heavy atom. The first-order chi connectivity index (χ1) is 12.6. The molecule has 0 aromatic carbocycles. The van der Waals surface area contributed by atoms with Crippen molar-refractivity contribution in [3.63, 3.8) is 0 Å². The first-order valence-corrected chi connectivity index (χ1v) is 10.4. The minimum absolute atomic E-state index is 0.194. The molecule has 0 spiro atoms. The van der Waals surface area contributed by atoms with E-state index in [9.17, 15) is 4.79 Å². The van der Waals surface area contributed by atoms with Crippen LogP contribution in [-0.2, 0) is 0 Å². The number of hydrogen-bond acceptors (Lipinski definition) is 5. The Balaban J connectivity index is 1.68. The van der Waals surface area contributed by atoms with Gasteiger partial charge in [0.05, 0.1) is 11.0 Å². The highest BCUT2D eigenvalue weighted by molar-refractivity contribution is 7.09. The molecule has 26 heavy (non-hydrogen) atoms. The van der Waals surface area contributed by atoms with Crippen molar-refractivity contribution >= 4 is 17.4 Å². The van der Waals surface area contributed by atoms with Crippen LogP contribution in [0, 0.1) is 6.92 Å². The van der Waals surface area contributed by atoms with E-state index in [1.165, 1.54) is 19.3 Å². The lowest BCUT2D eigenvalue weighted by atomic mass is 9.93. The van der Waals surface area contributed by atoms with Gasteiger partial charge in [-0.15, -0.1) is 16.4 Å². The van der Waals surface area contributed by atoms with Gasteiger partial charge >= 0.3 is 6.03 Å². The molecule has 0 bridgehead atoms. The van der Waals surface area contributed by atoms with Crippen LogP contribution in [0.2, 0.25) is 0 Å². The van der Waals surface area contributed by atoms with Crippen LogP contribution in [-0.4, -0.2) is 43.8 Å². The number of amides is 2. The van der Waals surface area contributed by atoms with E-state index in [0.717, 1.165) is 48.8 Å². The standard InChI is InChI=1S/C18H26N6OS/c1-12-20-15(11-26-12)16-21-17(13-6-5-9-23(10-13)18(19)25)24(22-16)14-7-3-2-4-8-14/h11,13-14H,2-10H2,1H3,(H2,19,25). The van der Waals surface area contributed by atoms with Gasteiger partial charge in [-0.05, 0) is 32.6 Å². The first-order valence-electron chi connectivity index (χ1n) is 9.55. The summed E-state index contributed by atoms with van der Waals surface area (Å²) in [4.78, 5) is 22.8. The van der Waals surface area contributed by atoms with Crippen LogP contribution in [0.15, 0.2) is 5.38 Å².